The zero-order valence-electron chi connectivity index (χ0n) is 9.05. The number of carbonyl (C=O) groups is 1. The molecule has 4 nitrogen and oxygen atoms in total. The predicted molar refractivity (Wildman–Crippen MR) is 54.8 cm³/mol. The molecule has 2 N–H and O–H groups in total. The molecule has 0 rings (SSSR count). The third kappa shape index (κ3) is 7.59. The van der Waals surface area contributed by atoms with E-state index in [1.54, 1.807) is 14.1 Å². The van der Waals surface area contributed by atoms with E-state index in [0.29, 0.717) is 12.5 Å². The number of nitrogens with one attached hydrogen (secondary N) is 2. The molecule has 0 aliphatic rings. The minimum Gasteiger partial charge on any atom is -0.337 e. The second-order valence-electron chi connectivity index (χ2n) is 3.72. The molecule has 0 aromatic rings. The van der Waals surface area contributed by atoms with Gasteiger partial charge in [0.15, 0.2) is 0 Å². The smallest absolute Gasteiger partial charge is 0.316 e. The largest absolute Gasteiger partial charge is 0.337 e. The van der Waals surface area contributed by atoms with Crippen LogP contribution in [0, 0.1) is 5.92 Å². The molecule has 0 atom stereocenters. The van der Waals surface area contributed by atoms with Crippen LogP contribution in [0.5, 0.6) is 0 Å². The molecule has 78 valence electrons. The summed E-state index contributed by atoms with van der Waals surface area (Å²) in [5, 5.41) is 6.03. The number of rotatable bonds is 5. The fraction of sp³-hybridized carbons (Fsp3) is 0.889. The summed E-state index contributed by atoms with van der Waals surface area (Å²) in [5.41, 5.74) is 0. The lowest BCUT2D eigenvalue weighted by atomic mass is 10.2. The van der Waals surface area contributed by atoms with E-state index in [1.807, 2.05) is 0 Å². The van der Waals surface area contributed by atoms with Gasteiger partial charge in [0.25, 0.3) is 0 Å². The SMILES string of the molecule is CC(C)CNCCNC(=O)N(C)C. The van der Waals surface area contributed by atoms with Gasteiger partial charge in [0.2, 0.25) is 0 Å². The highest BCUT2D eigenvalue weighted by atomic mass is 16.2. The van der Waals surface area contributed by atoms with Gasteiger partial charge in [-0.3, -0.25) is 0 Å². The Bertz CT molecular complexity index is 146. The maximum atomic E-state index is 11.0. The van der Waals surface area contributed by atoms with Crippen molar-refractivity contribution >= 4 is 6.03 Å². The van der Waals surface area contributed by atoms with Crippen molar-refractivity contribution in [3.05, 3.63) is 0 Å². The molecule has 0 saturated heterocycles. The molecule has 0 fully saturated rings. The standard InChI is InChI=1S/C9H21N3O/c1-8(2)7-10-5-6-11-9(13)12(3)4/h8,10H,5-7H2,1-4H3,(H,11,13). The van der Waals surface area contributed by atoms with Crippen molar-refractivity contribution in [3.8, 4) is 0 Å². The zero-order valence-corrected chi connectivity index (χ0v) is 9.05. The Morgan fingerprint density at radius 1 is 1.31 bits per heavy atom. The van der Waals surface area contributed by atoms with Crippen LogP contribution in [0.3, 0.4) is 0 Å². The van der Waals surface area contributed by atoms with E-state index in [1.165, 1.54) is 4.90 Å². The van der Waals surface area contributed by atoms with Crippen LogP contribution in [-0.2, 0) is 0 Å². The van der Waals surface area contributed by atoms with Crippen LogP contribution in [0.1, 0.15) is 13.8 Å². The zero-order chi connectivity index (χ0) is 10.3. The van der Waals surface area contributed by atoms with E-state index in [-0.39, 0.29) is 6.03 Å². The molecule has 0 aliphatic carbocycles. The van der Waals surface area contributed by atoms with Crippen molar-refractivity contribution in [1.29, 1.82) is 0 Å². The van der Waals surface area contributed by atoms with Gasteiger partial charge in [-0.1, -0.05) is 13.8 Å². The predicted octanol–water partition coefficient (Wildman–Crippen LogP) is 0.503. The number of urea groups is 1. The molecule has 0 heterocycles. The molecule has 4 heteroatoms. The topological polar surface area (TPSA) is 44.4 Å². The van der Waals surface area contributed by atoms with Gasteiger partial charge in [0.1, 0.15) is 0 Å². The number of amides is 2. The first-order valence-electron chi connectivity index (χ1n) is 4.70. The van der Waals surface area contributed by atoms with Crippen molar-refractivity contribution in [2.75, 3.05) is 33.7 Å². The Hall–Kier alpha value is -0.770. The van der Waals surface area contributed by atoms with Gasteiger partial charge >= 0.3 is 6.03 Å². The van der Waals surface area contributed by atoms with Gasteiger partial charge in [0, 0.05) is 27.2 Å². The molecule has 0 aliphatic heterocycles. The van der Waals surface area contributed by atoms with Gasteiger partial charge in [0.05, 0.1) is 0 Å². The van der Waals surface area contributed by atoms with Crippen molar-refractivity contribution in [2.24, 2.45) is 5.92 Å². The highest BCUT2D eigenvalue weighted by Gasteiger charge is 2.00. The number of nitrogens with zero attached hydrogens (tertiary/aromatic N) is 1. The summed E-state index contributed by atoms with van der Waals surface area (Å²) in [6.45, 7) is 6.83. The van der Waals surface area contributed by atoms with Gasteiger partial charge in [-0.2, -0.15) is 0 Å². The quantitative estimate of drug-likeness (QED) is 0.616. The molecular formula is C9H21N3O. The first kappa shape index (κ1) is 12.2. The maximum absolute atomic E-state index is 11.0. The van der Waals surface area contributed by atoms with Crippen LogP contribution >= 0.6 is 0 Å². The summed E-state index contributed by atoms with van der Waals surface area (Å²) in [6.07, 6.45) is 0. The Kier molecular flexibility index (Phi) is 6.32. The average molecular weight is 187 g/mol. The first-order chi connectivity index (χ1) is 6.04. The Morgan fingerprint density at radius 2 is 1.92 bits per heavy atom. The van der Waals surface area contributed by atoms with Crippen LogP contribution in [-0.4, -0.2) is 44.7 Å². The fourth-order valence-electron chi connectivity index (χ4n) is 0.807. The van der Waals surface area contributed by atoms with Crippen molar-refractivity contribution in [2.45, 2.75) is 13.8 Å². The summed E-state index contributed by atoms with van der Waals surface area (Å²) in [5.74, 6) is 0.657. The molecule has 2 amide bonds. The van der Waals surface area contributed by atoms with Crippen LogP contribution in [0.2, 0.25) is 0 Å². The van der Waals surface area contributed by atoms with Gasteiger partial charge in [-0.15, -0.1) is 0 Å². The Labute approximate surface area is 80.7 Å². The third-order valence-electron chi connectivity index (χ3n) is 1.54. The summed E-state index contributed by atoms with van der Waals surface area (Å²) < 4.78 is 0. The minimum absolute atomic E-state index is 0.0358. The van der Waals surface area contributed by atoms with Gasteiger partial charge in [-0.05, 0) is 12.5 Å². The highest BCUT2D eigenvalue weighted by Crippen LogP contribution is 1.85. The summed E-state index contributed by atoms with van der Waals surface area (Å²) >= 11 is 0. The van der Waals surface area contributed by atoms with Crippen LogP contribution in [0.15, 0.2) is 0 Å². The fourth-order valence-corrected chi connectivity index (χ4v) is 0.807. The summed E-state index contributed by atoms with van der Waals surface area (Å²) in [6, 6.07) is -0.0358. The van der Waals surface area contributed by atoms with Crippen LogP contribution < -0.4 is 10.6 Å². The Morgan fingerprint density at radius 3 is 2.38 bits per heavy atom. The Balaban J connectivity index is 3.21. The van der Waals surface area contributed by atoms with Gasteiger partial charge in [-0.25, -0.2) is 4.79 Å². The average Bonchev–Trinajstić information content (AvgIpc) is 2.02. The van der Waals surface area contributed by atoms with Crippen LogP contribution in [0.4, 0.5) is 4.79 Å². The molecule has 0 bridgehead atoms. The lowest BCUT2D eigenvalue weighted by Crippen LogP contribution is -2.38. The van der Waals surface area contributed by atoms with E-state index in [9.17, 15) is 4.79 Å². The maximum Gasteiger partial charge on any atom is 0.316 e. The van der Waals surface area contributed by atoms with E-state index in [2.05, 4.69) is 24.5 Å². The van der Waals surface area contributed by atoms with Crippen molar-refractivity contribution < 1.29 is 4.79 Å². The van der Waals surface area contributed by atoms with E-state index in [4.69, 9.17) is 0 Å². The van der Waals surface area contributed by atoms with E-state index < -0.39 is 0 Å². The van der Waals surface area contributed by atoms with Crippen molar-refractivity contribution in [3.63, 3.8) is 0 Å². The molecule has 0 spiro atoms. The van der Waals surface area contributed by atoms with E-state index in [0.717, 1.165) is 13.1 Å². The summed E-state index contributed by atoms with van der Waals surface area (Å²) in [7, 11) is 3.47. The molecule has 0 unspecified atom stereocenters. The minimum atomic E-state index is -0.0358. The molecule has 0 aromatic carbocycles. The first-order valence-corrected chi connectivity index (χ1v) is 4.70. The number of carbonyl (C=O) groups excluding carboxylic acids is 1. The third-order valence-corrected chi connectivity index (χ3v) is 1.54. The molecule has 0 radical (unpaired) electrons. The number of hydrogen-bond acceptors (Lipinski definition) is 2. The monoisotopic (exact) mass is 187 g/mol. The lowest BCUT2D eigenvalue weighted by molar-refractivity contribution is 0.217. The summed E-state index contributed by atoms with van der Waals surface area (Å²) in [4.78, 5) is 12.6. The van der Waals surface area contributed by atoms with E-state index >= 15 is 0 Å². The van der Waals surface area contributed by atoms with Gasteiger partial charge < -0.3 is 15.5 Å². The van der Waals surface area contributed by atoms with Crippen LogP contribution in [0.25, 0.3) is 0 Å². The molecule has 0 aromatic heterocycles. The normalized spacial score (nSPS) is 10.2. The molecule has 13 heavy (non-hydrogen) atoms. The number of hydrogen-bond donors (Lipinski definition) is 2. The second-order valence-corrected chi connectivity index (χ2v) is 3.72. The second kappa shape index (κ2) is 6.71. The van der Waals surface area contributed by atoms with Crippen molar-refractivity contribution in [1.82, 2.24) is 15.5 Å². The lowest BCUT2D eigenvalue weighted by Gasteiger charge is -2.12. The molecular weight excluding hydrogens is 166 g/mol. The molecule has 0 saturated carbocycles. The highest BCUT2D eigenvalue weighted by molar-refractivity contribution is 5.73.